The van der Waals surface area contributed by atoms with Crippen molar-refractivity contribution in [1.82, 2.24) is 19.7 Å². The van der Waals surface area contributed by atoms with Crippen LogP contribution in [0.3, 0.4) is 0 Å². The van der Waals surface area contributed by atoms with Gasteiger partial charge in [0.2, 0.25) is 0 Å². The van der Waals surface area contributed by atoms with Gasteiger partial charge in [-0.1, -0.05) is 13.8 Å². The lowest BCUT2D eigenvalue weighted by molar-refractivity contribution is 0.603. The minimum atomic E-state index is 0.853. The molecule has 108 valence electrons. The van der Waals surface area contributed by atoms with E-state index in [4.69, 9.17) is 4.98 Å². The first-order valence-electron chi connectivity index (χ1n) is 7.27. The smallest absolute Gasteiger partial charge is 0.153 e. The SMILES string of the molecule is CCCNc1nc(C)c(C)nc1-c1cnn(CCC)c1. The van der Waals surface area contributed by atoms with Crippen LogP contribution in [-0.4, -0.2) is 26.3 Å². The number of anilines is 1. The molecule has 0 amide bonds. The van der Waals surface area contributed by atoms with Crippen LogP contribution in [0.1, 0.15) is 38.1 Å². The molecule has 5 nitrogen and oxygen atoms in total. The average molecular weight is 273 g/mol. The topological polar surface area (TPSA) is 55.6 Å². The predicted molar refractivity (Wildman–Crippen MR) is 81.8 cm³/mol. The molecular weight excluding hydrogens is 250 g/mol. The Bertz CT molecular complexity index is 574. The van der Waals surface area contributed by atoms with Gasteiger partial charge in [-0.2, -0.15) is 5.10 Å². The van der Waals surface area contributed by atoms with Gasteiger partial charge >= 0.3 is 0 Å². The second-order valence-electron chi connectivity index (χ2n) is 5.01. The number of hydrogen-bond acceptors (Lipinski definition) is 4. The quantitative estimate of drug-likeness (QED) is 0.878. The molecule has 5 heteroatoms. The van der Waals surface area contributed by atoms with Crippen molar-refractivity contribution in [3.05, 3.63) is 23.8 Å². The predicted octanol–water partition coefficient (Wildman–Crippen LogP) is 3.19. The van der Waals surface area contributed by atoms with Crippen molar-refractivity contribution < 1.29 is 0 Å². The van der Waals surface area contributed by atoms with E-state index >= 15 is 0 Å². The molecular formula is C15H23N5. The molecule has 0 aliphatic heterocycles. The molecule has 2 aromatic rings. The minimum Gasteiger partial charge on any atom is -0.368 e. The fourth-order valence-electron chi connectivity index (χ4n) is 2.01. The van der Waals surface area contributed by atoms with Crippen molar-refractivity contribution in [2.45, 2.75) is 47.1 Å². The average Bonchev–Trinajstić information content (AvgIpc) is 2.88. The number of hydrogen-bond donors (Lipinski definition) is 1. The minimum absolute atomic E-state index is 0.853. The lowest BCUT2D eigenvalue weighted by Gasteiger charge is -2.11. The number of aromatic nitrogens is 4. The third-order valence-corrected chi connectivity index (χ3v) is 3.21. The monoisotopic (exact) mass is 273 g/mol. The van der Waals surface area contributed by atoms with Gasteiger partial charge in [0.25, 0.3) is 0 Å². The molecule has 0 unspecified atom stereocenters. The summed E-state index contributed by atoms with van der Waals surface area (Å²) in [6, 6.07) is 0. The third kappa shape index (κ3) is 3.15. The van der Waals surface area contributed by atoms with Gasteiger partial charge in [0.05, 0.1) is 17.6 Å². The highest BCUT2D eigenvalue weighted by atomic mass is 15.3. The van der Waals surface area contributed by atoms with Gasteiger partial charge in [0.15, 0.2) is 5.82 Å². The first-order valence-corrected chi connectivity index (χ1v) is 7.27. The van der Waals surface area contributed by atoms with Crippen LogP contribution in [0.2, 0.25) is 0 Å². The van der Waals surface area contributed by atoms with E-state index in [-0.39, 0.29) is 0 Å². The Kier molecular flexibility index (Phi) is 4.71. The summed E-state index contributed by atoms with van der Waals surface area (Å²) < 4.78 is 1.95. The van der Waals surface area contributed by atoms with E-state index in [0.29, 0.717) is 0 Å². The van der Waals surface area contributed by atoms with Gasteiger partial charge in [-0.15, -0.1) is 0 Å². The fourth-order valence-corrected chi connectivity index (χ4v) is 2.01. The first-order chi connectivity index (χ1) is 9.65. The molecule has 0 saturated carbocycles. The highest BCUT2D eigenvalue weighted by Crippen LogP contribution is 2.25. The molecule has 0 saturated heterocycles. The van der Waals surface area contributed by atoms with Crippen molar-refractivity contribution in [2.24, 2.45) is 0 Å². The molecule has 0 atom stereocenters. The van der Waals surface area contributed by atoms with Gasteiger partial charge in [0, 0.05) is 24.8 Å². The van der Waals surface area contributed by atoms with Crippen LogP contribution < -0.4 is 5.32 Å². The molecule has 20 heavy (non-hydrogen) atoms. The van der Waals surface area contributed by atoms with E-state index in [9.17, 15) is 0 Å². The van der Waals surface area contributed by atoms with Crippen LogP contribution in [0.5, 0.6) is 0 Å². The summed E-state index contributed by atoms with van der Waals surface area (Å²) in [6.07, 6.45) is 6.04. The van der Waals surface area contributed by atoms with Crippen molar-refractivity contribution in [3.8, 4) is 11.3 Å². The number of nitrogens with one attached hydrogen (secondary N) is 1. The van der Waals surface area contributed by atoms with Crippen molar-refractivity contribution in [2.75, 3.05) is 11.9 Å². The first kappa shape index (κ1) is 14.5. The van der Waals surface area contributed by atoms with E-state index in [0.717, 1.165) is 54.4 Å². The van der Waals surface area contributed by atoms with E-state index in [2.05, 4.69) is 29.2 Å². The Morgan fingerprint density at radius 2 is 1.85 bits per heavy atom. The zero-order valence-corrected chi connectivity index (χ0v) is 12.8. The van der Waals surface area contributed by atoms with Crippen molar-refractivity contribution in [3.63, 3.8) is 0 Å². The molecule has 1 N–H and O–H groups in total. The maximum absolute atomic E-state index is 4.69. The lowest BCUT2D eigenvalue weighted by Crippen LogP contribution is -2.07. The van der Waals surface area contributed by atoms with E-state index in [1.165, 1.54) is 0 Å². The van der Waals surface area contributed by atoms with E-state index in [1.807, 2.05) is 30.9 Å². The lowest BCUT2D eigenvalue weighted by atomic mass is 10.2. The van der Waals surface area contributed by atoms with Gasteiger partial charge < -0.3 is 5.32 Å². The summed E-state index contributed by atoms with van der Waals surface area (Å²) >= 11 is 0. The molecule has 2 rings (SSSR count). The second kappa shape index (κ2) is 6.50. The Hall–Kier alpha value is -1.91. The number of nitrogens with zero attached hydrogens (tertiary/aromatic N) is 4. The van der Waals surface area contributed by atoms with Crippen molar-refractivity contribution in [1.29, 1.82) is 0 Å². The zero-order chi connectivity index (χ0) is 14.5. The van der Waals surface area contributed by atoms with E-state index < -0.39 is 0 Å². The van der Waals surface area contributed by atoms with E-state index in [1.54, 1.807) is 0 Å². The molecule has 2 heterocycles. The molecule has 0 bridgehead atoms. The largest absolute Gasteiger partial charge is 0.368 e. The third-order valence-electron chi connectivity index (χ3n) is 3.21. The Morgan fingerprint density at radius 1 is 1.10 bits per heavy atom. The van der Waals surface area contributed by atoms with Crippen LogP contribution >= 0.6 is 0 Å². The second-order valence-corrected chi connectivity index (χ2v) is 5.01. The zero-order valence-electron chi connectivity index (χ0n) is 12.8. The summed E-state index contributed by atoms with van der Waals surface area (Å²) in [5.41, 5.74) is 3.84. The summed E-state index contributed by atoms with van der Waals surface area (Å²) in [7, 11) is 0. The molecule has 0 aliphatic rings. The molecule has 0 aromatic carbocycles. The summed E-state index contributed by atoms with van der Waals surface area (Å²) in [4.78, 5) is 9.32. The molecule has 2 aromatic heterocycles. The van der Waals surface area contributed by atoms with Gasteiger partial charge in [-0.3, -0.25) is 4.68 Å². The van der Waals surface area contributed by atoms with Crippen LogP contribution in [0.4, 0.5) is 5.82 Å². The standard InChI is InChI=1S/C15H23N5/c1-5-7-16-15-14(18-11(3)12(4)19-15)13-9-17-20(10-13)8-6-2/h9-10H,5-8H2,1-4H3,(H,16,19). The Labute approximate surface area is 120 Å². The summed E-state index contributed by atoms with van der Waals surface area (Å²) in [5.74, 6) is 0.853. The van der Waals surface area contributed by atoms with Crippen LogP contribution in [-0.2, 0) is 6.54 Å². The highest BCUT2D eigenvalue weighted by Gasteiger charge is 2.12. The Balaban J connectivity index is 2.38. The van der Waals surface area contributed by atoms with Gasteiger partial charge in [-0.05, 0) is 26.7 Å². The number of rotatable bonds is 6. The van der Waals surface area contributed by atoms with Crippen LogP contribution in [0, 0.1) is 13.8 Å². The fraction of sp³-hybridized carbons (Fsp3) is 0.533. The summed E-state index contributed by atoms with van der Waals surface area (Å²) in [5, 5.41) is 7.74. The molecule has 0 radical (unpaired) electrons. The van der Waals surface area contributed by atoms with Gasteiger partial charge in [0.1, 0.15) is 5.69 Å². The van der Waals surface area contributed by atoms with Crippen molar-refractivity contribution >= 4 is 5.82 Å². The summed E-state index contributed by atoms with van der Waals surface area (Å²) in [6.45, 7) is 10.1. The molecule has 0 spiro atoms. The van der Waals surface area contributed by atoms with Crippen LogP contribution in [0.15, 0.2) is 12.4 Å². The maximum Gasteiger partial charge on any atom is 0.153 e. The Morgan fingerprint density at radius 3 is 2.55 bits per heavy atom. The molecule has 0 aliphatic carbocycles. The molecule has 0 fully saturated rings. The number of aryl methyl sites for hydroxylation is 3. The maximum atomic E-state index is 4.69. The highest BCUT2D eigenvalue weighted by molar-refractivity contribution is 5.70. The van der Waals surface area contributed by atoms with Crippen LogP contribution in [0.25, 0.3) is 11.3 Å². The normalized spacial score (nSPS) is 10.8. The van der Waals surface area contributed by atoms with Gasteiger partial charge in [-0.25, -0.2) is 9.97 Å².